The number of aromatic nitrogens is 1. The molecule has 0 fully saturated rings. The molecule has 1 N–H and O–H groups in total. The molecule has 0 bridgehead atoms. The van der Waals surface area contributed by atoms with Crippen LogP contribution in [0.5, 0.6) is 11.5 Å². The van der Waals surface area contributed by atoms with Crippen LogP contribution in [0.2, 0.25) is 0 Å². The summed E-state index contributed by atoms with van der Waals surface area (Å²) in [6.07, 6.45) is 0. The van der Waals surface area contributed by atoms with Crippen molar-refractivity contribution >= 4 is 22.9 Å². The molecule has 25 heavy (non-hydrogen) atoms. The van der Waals surface area contributed by atoms with Gasteiger partial charge in [-0.15, -0.1) is 11.3 Å². The highest BCUT2D eigenvalue weighted by Gasteiger charge is 2.17. The molecule has 1 aliphatic heterocycles. The number of nitrogens with zero attached hydrogens (tertiary/aromatic N) is 1. The first-order chi connectivity index (χ1) is 12.2. The highest BCUT2D eigenvalue weighted by molar-refractivity contribution is 7.13. The Hall–Kier alpha value is -2.86. The summed E-state index contributed by atoms with van der Waals surface area (Å²) in [5, 5.41) is 5.78. The lowest BCUT2D eigenvalue weighted by Gasteiger charge is -2.18. The Morgan fingerprint density at radius 2 is 2.00 bits per heavy atom. The Labute approximate surface area is 149 Å². The number of ether oxygens (including phenoxy) is 2. The zero-order chi connectivity index (χ0) is 17.2. The number of carbonyl (C=O) groups is 1. The number of hydrogen-bond acceptors (Lipinski definition) is 5. The molecule has 0 saturated heterocycles. The molecule has 5 nitrogen and oxygen atoms in total. The molecule has 3 aromatic rings. The molecule has 4 rings (SSSR count). The van der Waals surface area contributed by atoms with E-state index < -0.39 is 0 Å². The molecule has 0 radical (unpaired) electrons. The Bertz CT molecular complexity index is 919. The highest BCUT2D eigenvalue weighted by Crippen LogP contribution is 2.35. The molecule has 6 heteroatoms. The molecule has 2 heterocycles. The number of hydrogen-bond donors (Lipinski definition) is 1. The monoisotopic (exact) mass is 352 g/mol. The SMILES string of the molecule is CCOc1ccc(-c2nc(-c3ccc4c(c3)NC(=O)CO4)cs2)cc1. The predicted molar refractivity (Wildman–Crippen MR) is 98.3 cm³/mol. The van der Waals surface area contributed by atoms with Gasteiger partial charge in [0.1, 0.15) is 16.5 Å². The molecule has 0 atom stereocenters. The summed E-state index contributed by atoms with van der Waals surface area (Å²) in [6, 6.07) is 13.6. The van der Waals surface area contributed by atoms with E-state index in [4.69, 9.17) is 14.5 Å². The van der Waals surface area contributed by atoms with E-state index in [1.165, 1.54) is 0 Å². The maximum atomic E-state index is 11.5. The van der Waals surface area contributed by atoms with Gasteiger partial charge in [0, 0.05) is 16.5 Å². The fraction of sp³-hybridized carbons (Fsp3) is 0.158. The average Bonchev–Trinajstić information content (AvgIpc) is 3.12. The molecular formula is C19H16N2O3S. The third-order valence-electron chi connectivity index (χ3n) is 3.82. The second kappa shape index (κ2) is 6.57. The van der Waals surface area contributed by atoms with Gasteiger partial charge in [-0.1, -0.05) is 0 Å². The van der Waals surface area contributed by atoms with Crippen molar-refractivity contribution in [2.24, 2.45) is 0 Å². The van der Waals surface area contributed by atoms with Crippen LogP contribution in [-0.2, 0) is 4.79 Å². The van der Waals surface area contributed by atoms with Crippen LogP contribution in [0.15, 0.2) is 47.8 Å². The standard InChI is InChI=1S/C19H16N2O3S/c1-2-23-14-6-3-12(4-7-14)19-21-16(11-25-19)13-5-8-17-15(9-13)20-18(22)10-24-17/h3-9,11H,2,10H2,1H3,(H,20,22). The Kier molecular flexibility index (Phi) is 4.11. The molecule has 1 amide bonds. The van der Waals surface area contributed by atoms with Gasteiger partial charge in [-0.25, -0.2) is 4.98 Å². The van der Waals surface area contributed by atoms with Crippen LogP contribution < -0.4 is 14.8 Å². The number of thiazole rings is 1. The first-order valence-corrected chi connectivity index (χ1v) is 8.87. The molecule has 0 unspecified atom stereocenters. The molecule has 0 spiro atoms. The minimum absolute atomic E-state index is 0.0605. The van der Waals surface area contributed by atoms with E-state index in [0.717, 1.165) is 27.6 Å². The summed E-state index contributed by atoms with van der Waals surface area (Å²) in [5.41, 5.74) is 3.55. The number of anilines is 1. The van der Waals surface area contributed by atoms with E-state index in [1.54, 1.807) is 11.3 Å². The lowest BCUT2D eigenvalue weighted by atomic mass is 10.1. The first-order valence-electron chi connectivity index (χ1n) is 7.99. The van der Waals surface area contributed by atoms with E-state index in [2.05, 4.69) is 5.32 Å². The zero-order valence-electron chi connectivity index (χ0n) is 13.6. The van der Waals surface area contributed by atoms with E-state index in [1.807, 2.05) is 54.8 Å². The molecule has 1 aliphatic rings. The topological polar surface area (TPSA) is 60.5 Å². The highest BCUT2D eigenvalue weighted by atomic mass is 32.1. The van der Waals surface area contributed by atoms with Gasteiger partial charge in [0.05, 0.1) is 18.0 Å². The number of carbonyl (C=O) groups excluding carboxylic acids is 1. The van der Waals surface area contributed by atoms with Gasteiger partial charge in [0.15, 0.2) is 6.61 Å². The van der Waals surface area contributed by atoms with Gasteiger partial charge in [0.25, 0.3) is 5.91 Å². The van der Waals surface area contributed by atoms with Crippen molar-refractivity contribution in [1.29, 1.82) is 0 Å². The number of nitrogens with one attached hydrogen (secondary N) is 1. The average molecular weight is 352 g/mol. The minimum Gasteiger partial charge on any atom is -0.494 e. The normalized spacial score (nSPS) is 12.9. The van der Waals surface area contributed by atoms with Gasteiger partial charge in [-0.2, -0.15) is 0 Å². The fourth-order valence-electron chi connectivity index (χ4n) is 2.64. The lowest BCUT2D eigenvalue weighted by Crippen LogP contribution is -2.25. The zero-order valence-corrected chi connectivity index (χ0v) is 14.4. The van der Waals surface area contributed by atoms with Crippen LogP contribution in [-0.4, -0.2) is 24.1 Å². The van der Waals surface area contributed by atoms with Crippen molar-refractivity contribution < 1.29 is 14.3 Å². The van der Waals surface area contributed by atoms with Crippen LogP contribution in [0.4, 0.5) is 5.69 Å². The van der Waals surface area contributed by atoms with Crippen molar-refractivity contribution in [2.45, 2.75) is 6.92 Å². The second-order valence-corrected chi connectivity index (χ2v) is 6.40. The predicted octanol–water partition coefficient (Wildman–Crippen LogP) is 4.21. The summed E-state index contributed by atoms with van der Waals surface area (Å²) in [6.45, 7) is 2.68. The first kappa shape index (κ1) is 15.7. The van der Waals surface area contributed by atoms with Crippen LogP contribution in [0, 0.1) is 0 Å². The van der Waals surface area contributed by atoms with Crippen LogP contribution >= 0.6 is 11.3 Å². The molecule has 1 aromatic heterocycles. The Morgan fingerprint density at radius 1 is 1.20 bits per heavy atom. The van der Waals surface area contributed by atoms with Gasteiger partial charge >= 0.3 is 0 Å². The smallest absolute Gasteiger partial charge is 0.262 e. The number of rotatable bonds is 4. The molecular weight excluding hydrogens is 336 g/mol. The summed E-state index contributed by atoms with van der Waals surface area (Å²) in [4.78, 5) is 16.2. The maximum Gasteiger partial charge on any atom is 0.262 e. The largest absolute Gasteiger partial charge is 0.494 e. The van der Waals surface area contributed by atoms with E-state index in [9.17, 15) is 4.79 Å². The molecule has 0 aliphatic carbocycles. The third kappa shape index (κ3) is 3.21. The summed E-state index contributed by atoms with van der Waals surface area (Å²) < 4.78 is 10.9. The van der Waals surface area contributed by atoms with Crippen molar-refractivity contribution in [3.63, 3.8) is 0 Å². The molecule has 2 aromatic carbocycles. The molecule has 0 saturated carbocycles. The third-order valence-corrected chi connectivity index (χ3v) is 4.72. The van der Waals surface area contributed by atoms with Gasteiger partial charge in [-0.3, -0.25) is 4.79 Å². The van der Waals surface area contributed by atoms with Crippen molar-refractivity contribution in [3.8, 4) is 33.3 Å². The second-order valence-electron chi connectivity index (χ2n) is 5.54. The Balaban J connectivity index is 1.61. The summed E-state index contributed by atoms with van der Waals surface area (Å²) in [5.74, 6) is 1.40. The Morgan fingerprint density at radius 3 is 2.80 bits per heavy atom. The lowest BCUT2D eigenvalue weighted by molar-refractivity contribution is -0.118. The van der Waals surface area contributed by atoms with Crippen LogP contribution in [0.1, 0.15) is 6.92 Å². The van der Waals surface area contributed by atoms with E-state index in [0.29, 0.717) is 18.0 Å². The van der Waals surface area contributed by atoms with Crippen molar-refractivity contribution in [2.75, 3.05) is 18.5 Å². The van der Waals surface area contributed by atoms with Gasteiger partial charge in [0.2, 0.25) is 0 Å². The number of amides is 1. The summed E-state index contributed by atoms with van der Waals surface area (Å²) in [7, 11) is 0. The van der Waals surface area contributed by atoms with E-state index in [-0.39, 0.29) is 12.5 Å². The van der Waals surface area contributed by atoms with Crippen molar-refractivity contribution in [1.82, 2.24) is 4.98 Å². The van der Waals surface area contributed by atoms with Crippen LogP contribution in [0.25, 0.3) is 21.8 Å². The maximum absolute atomic E-state index is 11.5. The van der Waals surface area contributed by atoms with Crippen LogP contribution in [0.3, 0.4) is 0 Å². The van der Waals surface area contributed by atoms with Gasteiger partial charge in [-0.05, 0) is 49.4 Å². The number of fused-ring (bicyclic) bond motifs is 1. The molecule has 126 valence electrons. The van der Waals surface area contributed by atoms with Gasteiger partial charge < -0.3 is 14.8 Å². The fourth-order valence-corrected chi connectivity index (χ4v) is 3.48. The quantitative estimate of drug-likeness (QED) is 0.764. The summed E-state index contributed by atoms with van der Waals surface area (Å²) >= 11 is 1.58. The minimum atomic E-state index is -0.141. The van der Waals surface area contributed by atoms with Crippen molar-refractivity contribution in [3.05, 3.63) is 47.8 Å². The number of benzene rings is 2. The van der Waals surface area contributed by atoms with E-state index >= 15 is 0 Å².